The second-order valence-electron chi connectivity index (χ2n) is 8.53. The molecule has 0 radical (unpaired) electrons. The summed E-state index contributed by atoms with van der Waals surface area (Å²) in [5, 5.41) is 3.66. The molecule has 5 fully saturated rings. The van der Waals surface area contributed by atoms with Crippen LogP contribution in [-0.4, -0.2) is 24.8 Å². The minimum absolute atomic E-state index is 0.181. The molecule has 1 saturated heterocycles. The zero-order chi connectivity index (χ0) is 13.0. The fourth-order valence-corrected chi connectivity index (χ4v) is 5.70. The summed E-state index contributed by atoms with van der Waals surface area (Å²) in [5.74, 6) is 5.29. The first-order valence-corrected chi connectivity index (χ1v) is 8.46. The van der Waals surface area contributed by atoms with Gasteiger partial charge >= 0.3 is 0 Å². The van der Waals surface area contributed by atoms with E-state index in [1.54, 1.807) is 32.1 Å². The zero-order valence-electron chi connectivity index (χ0n) is 12.5. The van der Waals surface area contributed by atoms with Crippen LogP contribution in [0.3, 0.4) is 0 Å². The molecule has 2 nitrogen and oxygen atoms in total. The van der Waals surface area contributed by atoms with Gasteiger partial charge in [0.05, 0.1) is 12.7 Å². The second-order valence-corrected chi connectivity index (χ2v) is 8.53. The lowest BCUT2D eigenvalue weighted by molar-refractivity contribution is -0.0833. The Balaban J connectivity index is 1.38. The molecule has 5 rings (SSSR count). The molecular weight excluding hydrogens is 234 g/mol. The van der Waals surface area contributed by atoms with E-state index in [-0.39, 0.29) is 5.54 Å². The lowest BCUT2D eigenvalue weighted by atomic mass is 9.51. The van der Waals surface area contributed by atoms with Crippen molar-refractivity contribution in [3.05, 3.63) is 0 Å². The Morgan fingerprint density at radius 1 is 1.00 bits per heavy atom. The lowest BCUT2D eigenvalue weighted by Crippen LogP contribution is -2.54. The Labute approximate surface area is 117 Å². The van der Waals surface area contributed by atoms with Crippen LogP contribution in [0.2, 0.25) is 0 Å². The molecule has 2 heteroatoms. The molecule has 4 saturated carbocycles. The van der Waals surface area contributed by atoms with Crippen LogP contribution in [0.1, 0.15) is 52.4 Å². The van der Waals surface area contributed by atoms with Crippen LogP contribution in [0.15, 0.2) is 0 Å². The number of hydrogen-bond acceptors (Lipinski definition) is 2. The Hall–Kier alpha value is -0.0800. The van der Waals surface area contributed by atoms with Crippen molar-refractivity contribution >= 4 is 0 Å². The third-order valence-corrected chi connectivity index (χ3v) is 6.45. The van der Waals surface area contributed by atoms with Gasteiger partial charge in [-0.2, -0.15) is 0 Å². The standard InChI is InChI=1S/C17H29NO/c1-17(2)10-19-15(9-18-17)8-16-13-4-11-3-12(6-13)7-14(16)5-11/h11-16,18H,3-10H2,1-2H3. The van der Waals surface area contributed by atoms with Crippen LogP contribution in [0.5, 0.6) is 0 Å². The molecule has 1 atom stereocenters. The van der Waals surface area contributed by atoms with Crippen LogP contribution >= 0.6 is 0 Å². The molecule has 0 amide bonds. The van der Waals surface area contributed by atoms with Gasteiger partial charge in [0.25, 0.3) is 0 Å². The number of nitrogens with one attached hydrogen (secondary N) is 1. The van der Waals surface area contributed by atoms with E-state index in [4.69, 9.17) is 4.74 Å². The van der Waals surface area contributed by atoms with Gasteiger partial charge in [-0.15, -0.1) is 0 Å². The van der Waals surface area contributed by atoms with Crippen molar-refractivity contribution < 1.29 is 4.74 Å². The van der Waals surface area contributed by atoms with E-state index in [2.05, 4.69) is 19.2 Å². The Kier molecular flexibility index (Phi) is 2.97. The summed E-state index contributed by atoms with van der Waals surface area (Å²) in [7, 11) is 0. The van der Waals surface area contributed by atoms with E-state index in [1.807, 2.05) is 0 Å². The number of rotatable bonds is 2. The third-order valence-electron chi connectivity index (χ3n) is 6.45. The highest BCUT2D eigenvalue weighted by Crippen LogP contribution is 2.57. The molecule has 0 spiro atoms. The number of hydrogen-bond donors (Lipinski definition) is 1. The SMILES string of the molecule is CC1(C)COC(CC2C3CC4CC(C3)CC2C4)CN1. The van der Waals surface area contributed by atoms with E-state index in [0.717, 1.165) is 42.7 Å². The fourth-order valence-electron chi connectivity index (χ4n) is 5.70. The van der Waals surface area contributed by atoms with Gasteiger partial charge in [0, 0.05) is 12.1 Å². The van der Waals surface area contributed by atoms with Crippen molar-refractivity contribution in [2.45, 2.75) is 64.0 Å². The lowest BCUT2D eigenvalue weighted by Gasteiger charge is -2.55. The van der Waals surface area contributed by atoms with Gasteiger partial charge in [-0.05, 0) is 82.0 Å². The molecule has 4 bridgehead atoms. The average molecular weight is 263 g/mol. The Bertz CT molecular complexity index is 313. The van der Waals surface area contributed by atoms with Gasteiger partial charge in [-0.3, -0.25) is 0 Å². The predicted octanol–water partition coefficient (Wildman–Crippen LogP) is 3.22. The molecule has 5 aliphatic rings. The molecule has 1 unspecified atom stereocenters. The largest absolute Gasteiger partial charge is 0.375 e. The van der Waals surface area contributed by atoms with Gasteiger partial charge < -0.3 is 10.1 Å². The molecule has 4 aliphatic carbocycles. The highest BCUT2D eigenvalue weighted by Gasteiger charge is 2.48. The molecule has 1 heterocycles. The van der Waals surface area contributed by atoms with Crippen LogP contribution in [0.4, 0.5) is 0 Å². The second kappa shape index (κ2) is 4.46. The maximum Gasteiger partial charge on any atom is 0.0703 e. The molecule has 1 N–H and O–H groups in total. The summed E-state index contributed by atoms with van der Waals surface area (Å²) >= 11 is 0. The quantitative estimate of drug-likeness (QED) is 0.826. The molecule has 1 aliphatic heterocycles. The molecule has 108 valence electrons. The summed E-state index contributed by atoms with van der Waals surface area (Å²) in [5.41, 5.74) is 0.181. The van der Waals surface area contributed by atoms with Gasteiger partial charge in [0.1, 0.15) is 0 Å². The first-order chi connectivity index (χ1) is 9.09. The van der Waals surface area contributed by atoms with Gasteiger partial charge in [0.2, 0.25) is 0 Å². The highest BCUT2D eigenvalue weighted by atomic mass is 16.5. The summed E-state index contributed by atoms with van der Waals surface area (Å²) in [6.07, 6.45) is 9.56. The van der Waals surface area contributed by atoms with Crippen molar-refractivity contribution in [2.75, 3.05) is 13.2 Å². The maximum absolute atomic E-state index is 6.14. The number of morpholine rings is 1. The summed E-state index contributed by atoms with van der Waals surface area (Å²) < 4.78 is 6.14. The van der Waals surface area contributed by atoms with Gasteiger partial charge in [-0.1, -0.05) is 0 Å². The zero-order valence-corrected chi connectivity index (χ0v) is 12.5. The Morgan fingerprint density at radius 2 is 1.63 bits per heavy atom. The van der Waals surface area contributed by atoms with E-state index < -0.39 is 0 Å². The smallest absolute Gasteiger partial charge is 0.0703 e. The molecule has 0 aromatic carbocycles. The minimum atomic E-state index is 0.181. The first kappa shape index (κ1) is 12.6. The fraction of sp³-hybridized carbons (Fsp3) is 1.00. The Morgan fingerprint density at radius 3 is 2.16 bits per heavy atom. The van der Waals surface area contributed by atoms with Crippen molar-refractivity contribution in [3.8, 4) is 0 Å². The molecule has 19 heavy (non-hydrogen) atoms. The van der Waals surface area contributed by atoms with Crippen LogP contribution < -0.4 is 5.32 Å². The highest BCUT2D eigenvalue weighted by molar-refractivity contribution is 4.99. The third kappa shape index (κ3) is 2.35. The first-order valence-electron chi connectivity index (χ1n) is 8.46. The van der Waals surface area contributed by atoms with E-state index in [1.165, 1.54) is 6.42 Å². The maximum atomic E-state index is 6.14. The van der Waals surface area contributed by atoms with Crippen LogP contribution in [0, 0.1) is 29.6 Å². The molecular formula is C17H29NO. The predicted molar refractivity (Wildman–Crippen MR) is 77.0 cm³/mol. The van der Waals surface area contributed by atoms with E-state index in [0.29, 0.717) is 6.10 Å². The topological polar surface area (TPSA) is 21.3 Å². The van der Waals surface area contributed by atoms with Crippen molar-refractivity contribution in [1.82, 2.24) is 5.32 Å². The molecule has 0 aromatic heterocycles. The summed E-state index contributed by atoms with van der Waals surface area (Å²) in [6.45, 7) is 6.43. The van der Waals surface area contributed by atoms with Crippen LogP contribution in [0.25, 0.3) is 0 Å². The van der Waals surface area contributed by atoms with Crippen molar-refractivity contribution in [1.29, 1.82) is 0 Å². The van der Waals surface area contributed by atoms with Crippen molar-refractivity contribution in [2.24, 2.45) is 29.6 Å². The monoisotopic (exact) mass is 263 g/mol. The summed E-state index contributed by atoms with van der Waals surface area (Å²) in [6, 6.07) is 0. The van der Waals surface area contributed by atoms with Gasteiger partial charge in [0.15, 0.2) is 0 Å². The minimum Gasteiger partial charge on any atom is -0.375 e. The van der Waals surface area contributed by atoms with Gasteiger partial charge in [-0.25, -0.2) is 0 Å². The summed E-state index contributed by atoms with van der Waals surface area (Å²) in [4.78, 5) is 0. The normalized spacial score (nSPS) is 51.5. The van der Waals surface area contributed by atoms with Crippen molar-refractivity contribution in [3.63, 3.8) is 0 Å². The molecule has 0 aromatic rings. The van der Waals surface area contributed by atoms with E-state index >= 15 is 0 Å². The number of ether oxygens (including phenoxy) is 1. The average Bonchev–Trinajstić information content (AvgIpc) is 2.35. The van der Waals surface area contributed by atoms with E-state index in [9.17, 15) is 0 Å². The van der Waals surface area contributed by atoms with Crippen LogP contribution in [-0.2, 0) is 4.74 Å².